The second-order valence-electron chi connectivity index (χ2n) is 4.60. The zero-order valence-electron chi connectivity index (χ0n) is 11.4. The monoisotopic (exact) mass is 270 g/mol. The van der Waals surface area contributed by atoms with Crippen LogP contribution in [0.25, 0.3) is 0 Å². The summed E-state index contributed by atoms with van der Waals surface area (Å²) >= 11 is 0. The third-order valence-corrected chi connectivity index (χ3v) is 3.20. The molecule has 0 aliphatic heterocycles. The number of hydrogen-bond acceptors (Lipinski definition) is 3. The fourth-order valence-corrected chi connectivity index (χ4v) is 1.91. The number of nitrogens with two attached hydrogens (primary N) is 1. The summed E-state index contributed by atoms with van der Waals surface area (Å²) in [4.78, 5) is 12.0. The highest BCUT2D eigenvalue weighted by atomic mass is 16.3. The van der Waals surface area contributed by atoms with Gasteiger partial charge >= 0.3 is 0 Å². The zero-order chi connectivity index (χ0) is 14.5. The Kier molecular flexibility index (Phi) is 4.25. The van der Waals surface area contributed by atoms with E-state index in [2.05, 4.69) is 12.2 Å². The van der Waals surface area contributed by atoms with Crippen molar-refractivity contribution in [1.29, 1.82) is 0 Å². The summed E-state index contributed by atoms with van der Waals surface area (Å²) < 4.78 is 0. The van der Waals surface area contributed by atoms with E-state index in [1.807, 2.05) is 24.3 Å². The maximum absolute atomic E-state index is 12.0. The number of nitrogen functional groups attached to an aromatic ring is 1. The van der Waals surface area contributed by atoms with E-state index >= 15 is 0 Å². The van der Waals surface area contributed by atoms with Crippen LogP contribution in [-0.4, -0.2) is 11.0 Å². The summed E-state index contributed by atoms with van der Waals surface area (Å²) in [7, 11) is 0. The van der Waals surface area contributed by atoms with Crippen LogP contribution in [0.15, 0.2) is 42.5 Å². The number of carbonyl (C=O) groups excluding carboxylic acids is 1. The van der Waals surface area contributed by atoms with Crippen molar-refractivity contribution in [2.75, 3.05) is 5.73 Å². The van der Waals surface area contributed by atoms with Crippen molar-refractivity contribution in [3.63, 3.8) is 0 Å². The van der Waals surface area contributed by atoms with Crippen LogP contribution in [0.1, 0.15) is 28.4 Å². The van der Waals surface area contributed by atoms with Crippen LogP contribution in [0.5, 0.6) is 5.75 Å². The van der Waals surface area contributed by atoms with Crippen molar-refractivity contribution in [1.82, 2.24) is 5.32 Å². The smallest absolute Gasteiger partial charge is 0.255 e. The Morgan fingerprint density at radius 1 is 1.15 bits per heavy atom. The Balaban J connectivity index is 2.02. The Bertz CT molecular complexity index is 606. The SMILES string of the molecule is CCc1ccc(CNC(=O)c2cccc(N)c2O)cc1. The molecule has 20 heavy (non-hydrogen) atoms. The first kappa shape index (κ1) is 13.9. The molecular formula is C16H18N2O2. The number of hydrogen-bond donors (Lipinski definition) is 3. The van der Waals surface area contributed by atoms with Crippen LogP contribution in [0.4, 0.5) is 5.69 Å². The number of nitrogens with one attached hydrogen (secondary N) is 1. The lowest BCUT2D eigenvalue weighted by molar-refractivity contribution is 0.0948. The van der Waals surface area contributed by atoms with Crippen LogP contribution in [0.3, 0.4) is 0 Å². The minimum atomic E-state index is -0.339. The first-order chi connectivity index (χ1) is 9.61. The average Bonchev–Trinajstić information content (AvgIpc) is 2.48. The van der Waals surface area contributed by atoms with Crippen LogP contribution in [0, 0.1) is 0 Å². The number of benzene rings is 2. The number of rotatable bonds is 4. The number of para-hydroxylation sites is 1. The molecule has 0 atom stereocenters. The van der Waals surface area contributed by atoms with Gasteiger partial charge in [0, 0.05) is 6.54 Å². The summed E-state index contributed by atoms with van der Waals surface area (Å²) in [6.07, 6.45) is 0.990. The molecule has 0 heterocycles. The molecule has 0 spiro atoms. The molecule has 4 heteroatoms. The van der Waals surface area contributed by atoms with Gasteiger partial charge < -0.3 is 16.2 Å². The van der Waals surface area contributed by atoms with Crippen molar-refractivity contribution >= 4 is 11.6 Å². The van der Waals surface area contributed by atoms with Gasteiger partial charge in [-0.15, -0.1) is 0 Å². The summed E-state index contributed by atoms with van der Waals surface area (Å²) in [6.45, 7) is 2.51. The molecule has 2 aromatic carbocycles. The topological polar surface area (TPSA) is 75.4 Å². The highest BCUT2D eigenvalue weighted by Crippen LogP contribution is 2.24. The summed E-state index contributed by atoms with van der Waals surface area (Å²) in [5, 5.41) is 12.5. The minimum absolute atomic E-state index is 0.175. The largest absolute Gasteiger partial charge is 0.505 e. The second-order valence-corrected chi connectivity index (χ2v) is 4.60. The standard InChI is InChI=1S/C16H18N2O2/c1-2-11-6-8-12(9-7-11)10-18-16(20)13-4-3-5-14(17)15(13)19/h3-9,19H,2,10,17H2,1H3,(H,18,20). The number of phenolic OH excluding ortho intramolecular Hbond substituents is 1. The van der Waals surface area contributed by atoms with Crippen molar-refractivity contribution in [3.05, 3.63) is 59.2 Å². The van der Waals surface area contributed by atoms with Crippen molar-refractivity contribution in [3.8, 4) is 5.75 Å². The Morgan fingerprint density at radius 2 is 1.80 bits per heavy atom. The molecule has 0 aromatic heterocycles. The van der Waals surface area contributed by atoms with Gasteiger partial charge in [-0.3, -0.25) is 4.79 Å². The summed E-state index contributed by atoms with van der Waals surface area (Å²) in [6, 6.07) is 12.8. The molecule has 2 aromatic rings. The number of aryl methyl sites for hydroxylation is 1. The Hall–Kier alpha value is -2.49. The van der Waals surface area contributed by atoms with Crippen LogP contribution < -0.4 is 11.1 Å². The first-order valence-corrected chi connectivity index (χ1v) is 6.55. The van der Waals surface area contributed by atoms with Crippen molar-refractivity contribution in [2.45, 2.75) is 19.9 Å². The molecule has 0 radical (unpaired) electrons. The number of aromatic hydroxyl groups is 1. The fraction of sp³-hybridized carbons (Fsp3) is 0.188. The lowest BCUT2D eigenvalue weighted by Gasteiger charge is -2.08. The minimum Gasteiger partial charge on any atom is -0.505 e. The third-order valence-electron chi connectivity index (χ3n) is 3.20. The van der Waals surface area contributed by atoms with Crippen LogP contribution in [0.2, 0.25) is 0 Å². The molecule has 104 valence electrons. The van der Waals surface area contributed by atoms with E-state index in [1.54, 1.807) is 18.2 Å². The highest BCUT2D eigenvalue weighted by molar-refractivity contribution is 5.98. The molecule has 4 N–H and O–H groups in total. The molecule has 0 aliphatic rings. The first-order valence-electron chi connectivity index (χ1n) is 6.55. The van der Waals surface area contributed by atoms with Gasteiger partial charge in [-0.05, 0) is 29.7 Å². The van der Waals surface area contributed by atoms with E-state index in [1.165, 1.54) is 5.56 Å². The van der Waals surface area contributed by atoms with Crippen LogP contribution >= 0.6 is 0 Å². The molecular weight excluding hydrogens is 252 g/mol. The third kappa shape index (κ3) is 3.09. The predicted octanol–water partition coefficient (Wildman–Crippen LogP) is 2.47. The molecule has 0 saturated carbocycles. The van der Waals surface area contributed by atoms with E-state index < -0.39 is 0 Å². The van der Waals surface area contributed by atoms with E-state index in [-0.39, 0.29) is 22.9 Å². The Morgan fingerprint density at radius 3 is 2.45 bits per heavy atom. The number of carbonyl (C=O) groups is 1. The summed E-state index contributed by atoms with van der Waals surface area (Å²) in [5.41, 5.74) is 8.23. The maximum atomic E-state index is 12.0. The normalized spacial score (nSPS) is 10.2. The fourth-order valence-electron chi connectivity index (χ4n) is 1.91. The van der Waals surface area contributed by atoms with Crippen molar-refractivity contribution in [2.24, 2.45) is 0 Å². The number of phenols is 1. The summed E-state index contributed by atoms with van der Waals surface area (Å²) in [5.74, 6) is -0.513. The van der Waals surface area contributed by atoms with Gasteiger partial charge in [-0.25, -0.2) is 0 Å². The second kappa shape index (κ2) is 6.10. The zero-order valence-corrected chi connectivity index (χ0v) is 11.4. The highest BCUT2D eigenvalue weighted by Gasteiger charge is 2.12. The van der Waals surface area contributed by atoms with Gasteiger partial charge in [0.25, 0.3) is 5.91 Å². The van der Waals surface area contributed by atoms with E-state index in [4.69, 9.17) is 5.73 Å². The van der Waals surface area contributed by atoms with Gasteiger partial charge in [-0.2, -0.15) is 0 Å². The number of anilines is 1. The van der Waals surface area contributed by atoms with E-state index in [0.29, 0.717) is 6.54 Å². The molecule has 2 rings (SSSR count). The van der Waals surface area contributed by atoms with E-state index in [0.717, 1.165) is 12.0 Å². The Labute approximate surface area is 118 Å². The molecule has 0 saturated heterocycles. The van der Waals surface area contributed by atoms with Crippen LogP contribution in [-0.2, 0) is 13.0 Å². The van der Waals surface area contributed by atoms with E-state index in [9.17, 15) is 9.90 Å². The lowest BCUT2D eigenvalue weighted by Crippen LogP contribution is -2.23. The van der Waals surface area contributed by atoms with Gasteiger partial charge in [-0.1, -0.05) is 37.3 Å². The quantitative estimate of drug-likeness (QED) is 0.590. The molecule has 4 nitrogen and oxygen atoms in total. The van der Waals surface area contributed by atoms with Gasteiger partial charge in [0.2, 0.25) is 0 Å². The average molecular weight is 270 g/mol. The van der Waals surface area contributed by atoms with Gasteiger partial charge in [0.1, 0.15) is 0 Å². The molecule has 0 unspecified atom stereocenters. The molecule has 0 bridgehead atoms. The molecule has 0 fully saturated rings. The molecule has 0 aliphatic carbocycles. The molecule has 1 amide bonds. The van der Waals surface area contributed by atoms with Gasteiger partial charge in [0.15, 0.2) is 5.75 Å². The maximum Gasteiger partial charge on any atom is 0.255 e. The van der Waals surface area contributed by atoms with Gasteiger partial charge in [0.05, 0.1) is 11.3 Å². The number of amides is 1. The predicted molar refractivity (Wildman–Crippen MR) is 79.5 cm³/mol. The lowest BCUT2D eigenvalue weighted by atomic mass is 10.1. The van der Waals surface area contributed by atoms with Crippen molar-refractivity contribution < 1.29 is 9.90 Å².